The molecule has 0 bridgehead atoms. The van der Waals surface area contributed by atoms with Gasteiger partial charge in [0.05, 0.1) is 23.7 Å². The van der Waals surface area contributed by atoms with Crippen LogP contribution in [0.2, 0.25) is 0 Å². The van der Waals surface area contributed by atoms with E-state index in [1.54, 1.807) is 0 Å². The summed E-state index contributed by atoms with van der Waals surface area (Å²) in [5.41, 5.74) is 2.01. The maximum atomic E-state index is 9.45. The highest BCUT2D eigenvalue weighted by molar-refractivity contribution is 7.10. The SMILES string of the molecule is Cc1cc(Nc2ncc(C)c(N3CC(CC#N)(N4CCCC(C)C4)C3)n2)sn1. The second kappa shape index (κ2) is 7.64. The molecule has 0 saturated carbocycles. The highest BCUT2D eigenvalue weighted by atomic mass is 32.1. The summed E-state index contributed by atoms with van der Waals surface area (Å²) in [6, 6.07) is 4.43. The molecule has 28 heavy (non-hydrogen) atoms. The van der Waals surface area contributed by atoms with Gasteiger partial charge in [0.1, 0.15) is 10.8 Å². The van der Waals surface area contributed by atoms with Gasteiger partial charge in [0.15, 0.2) is 0 Å². The summed E-state index contributed by atoms with van der Waals surface area (Å²) in [6.45, 7) is 10.2. The maximum absolute atomic E-state index is 9.45. The van der Waals surface area contributed by atoms with Gasteiger partial charge in [0.2, 0.25) is 5.95 Å². The van der Waals surface area contributed by atoms with Gasteiger partial charge in [-0.25, -0.2) is 4.98 Å². The van der Waals surface area contributed by atoms with Crippen LogP contribution in [0.1, 0.15) is 37.4 Å². The molecule has 2 aliphatic heterocycles. The summed E-state index contributed by atoms with van der Waals surface area (Å²) in [4.78, 5) is 14.0. The van der Waals surface area contributed by atoms with Gasteiger partial charge in [-0.3, -0.25) is 4.90 Å². The van der Waals surface area contributed by atoms with Gasteiger partial charge < -0.3 is 10.2 Å². The first kappa shape index (κ1) is 19.1. The van der Waals surface area contributed by atoms with Crippen molar-refractivity contribution in [2.45, 2.75) is 45.6 Å². The predicted molar refractivity (Wildman–Crippen MR) is 112 cm³/mol. The zero-order valence-electron chi connectivity index (χ0n) is 16.8. The number of rotatable bonds is 5. The van der Waals surface area contributed by atoms with Crippen molar-refractivity contribution >= 4 is 28.3 Å². The molecule has 2 aliphatic rings. The highest BCUT2D eigenvalue weighted by Gasteiger charge is 2.49. The number of aryl methyl sites for hydroxylation is 2. The molecule has 0 amide bonds. The fourth-order valence-electron chi connectivity index (χ4n) is 4.35. The number of nitrogens with one attached hydrogen (secondary N) is 1. The van der Waals surface area contributed by atoms with Crippen LogP contribution in [0.15, 0.2) is 12.3 Å². The Labute approximate surface area is 170 Å². The molecule has 2 aromatic heterocycles. The lowest BCUT2D eigenvalue weighted by Crippen LogP contribution is -2.71. The molecule has 2 aromatic rings. The summed E-state index contributed by atoms with van der Waals surface area (Å²) in [5.74, 6) is 2.25. The van der Waals surface area contributed by atoms with Crippen LogP contribution >= 0.6 is 11.5 Å². The molecule has 0 radical (unpaired) electrons. The largest absolute Gasteiger partial charge is 0.352 e. The maximum Gasteiger partial charge on any atom is 0.229 e. The molecule has 1 atom stereocenters. The molecule has 2 fully saturated rings. The Morgan fingerprint density at radius 1 is 1.39 bits per heavy atom. The van der Waals surface area contributed by atoms with E-state index in [0.717, 1.165) is 48.3 Å². The Morgan fingerprint density at radius 3 is 2.89 bits per heavy atom. The molecule has 4 heterocycles. The van der Waals surface area contributed by atoms with E-state index in [1.807, 2.05) is 26.1 Å². The van der Waals surface area contributed by atoms with Crippen LogP contribution in [0.25, 0.3) is 0 Å². The quantitative estimate of drug-likeness (QED) is 0.827. The average Bonchev–Trinajstić information content (AvgIpc) is 3.04. The first-order valence-electron chi connectivity index (χ1n) is 9.90. The third-order valence-electron chi connectivity index (χ3n) is 5.81. The minimum absolute atomic E-state index is 0.0385. The molecule has 4 rings (SSSR count). The van der Waals surface area contributed by atoms with Gasteiger partial charge >= 0.3 is 0 Å². The fourth-order valence-corrected chi connectivity index (χ4v) is 5.01. The van der Waals surface area contributed by atoms with E-state index in [1.165, 1.54) is 24.4 Å². The van der Waals surface area contributed by atoms with Crippen molar-refractivity contribution in [2.75, 3.05) is 36.4 Å². The first-order chi connectivity index (χ1) is 13.5. The smallest absolute Gasteiger partial charge is 0.229 e. The molecule has 0 aliphatic carbocycles. The third kappa shape index (κ3) is 3.69. The lowest BCUT2D eigenvalue weighted by Gasteiger charge is -2.57. The van der Waals surface area contributed by atoms with E-state index in [2.05, 4.69) is 37.5 Å². The van der Waals surface area contributed by atoms with Gasteiger partial charge in [0.25, 0.3) is 0 Å². The Morgan fingerprint density at radius 2 is 2.21 bits per heavy atom. The summed E-state index contributed by atoms with van der Waals surface area (Å²) in [5, 5.41) is 13.6. The van der Waals surface area contributed by atoms with Crippen LogP contribution in [0.5, 0.6) is 0 Å². The zero-order valence-corrected chi connectivity index (χ0v) is 17.6. The van der Waals surface area contributed by atoms with Gasteiger partial charge in [0, 0.05) is 31.4 Å². The van der Waals surface area contributed by atoms with Gasteiger partial charge in [-0.2, -0.15) is 14.6 Å². The van der Waals surface area contributed by atoms with Crippen molar-refractivity contribution in [3.05, 3.63) is 23.5 Å². The Kier molecular flexibility index (Phi) is 5.21. The topological polar surface area (TPSA) is 81.0 Å². The first-order valence-corrected chi connectivity index (χ1v) is 10.7. The van der Waals surface area contributed by atoms with Gasteiger partial charge in [-0.1, -0.05) is 6.92 Å². The predicted octanol–water partition coefficient (Wildman–Crippen LogP) is 3.50. The second-order valence-electron chi connectivity index (χ2n) is 8.27. The molecule has 1 unspecified atom stereocenters. The van der Waals surface area contributed by atoms with Crippen molar-refractivity contribution in [3.63, 3.8) is 0 Å². The van der Waals surface area contributed by atoms with E-state index < -0.39 is 0 Å². The molecule has 0 aromatic carbocycles. The Balaban J connectivity index is 1.50. The van der Waals surface area contributed by atoms with Gasteiger partial charge in [-0.05, 0) is 56.8 Å². The van der Waals surface area contributed by atoms with Crippen molar-refractivity contribution in [2.24, 2.45) is 5.92 Å². The van der Waals surface area contributed by atoms with Crippen molar-refractivity contribution in [1.29, 1.82) is 5.26 Å². The lowest BCUT2D eigenvalue weighted by atomic mass is 9.82. The average molecular weight is 398 g/mol. The third-order valence-corrected chi connectivity index (χ3v) is 6.61. The molecule has 0 spiro atoms. The normalized spacial score (nSPS) is 21.8. The summed E-state index contributed by atoms with van der Waals surface area (Å²) < 4.78 is 4.29. The van der Waals surface area contributed by atoms with Crippen LogP contribution in [0.3, 0.4) is 0 Å². The lowest BCUT2D eigenvalue weighted by molar-refractivity contribution is 0.0263. The van der Waals surface area contributed by atoms with Crippen LogP contribution in [0.4, 0.5) is 16.8 Å². The number of aromatic nitrogens is 3. The van der Waals surface area contributed by atoms with E-state index in [9.17, 15) is 5.26 Å². The summed E-state index contributed by atoms with van der Waals surface area (Å²) in [6.07, 6.45) is 4.96. The number of nitriles is 1. The van der Waals surface area contributed by atoms with E-state index in [4.69, 9.17) is 4.98 Å². The minimum Gasteiger partial charge on any atom is -0.352 e. The number of nitrogens with zero attached hydrogens (tertiary/aromatic N) is 6. The van der Waals surface area contributed by atoms with E-state index in [0.29, 0.717) is 18.3 Å². The van der Waals surface area contributed by atoms with E-state index in [-0.39, 0.29) is 5.54 Å². The fraction of sp³-hybridized carbons (Fsp3) is 0.600. The second-order valence-corrected chi connectivity index (χ2v) is 9.07. The van der Waals surface area contributed by atoms with Crippen molar-refractivity contribution < 1.29 is 0 Å². The van der Waals surface area contributed by atoms with Crippen LogP contribution in [-0.2, 0) is 0 Å². The van der Waals surface area contributed by atoms with Crippen LogP contribution in [-0.4, -0.2) is 51.0 Å². The standard InChI is InChI=1S/C20H27N7S/c1-14-5-4-8-27(11-14)20(6-7-21)12-26(13-20)18-15(2)10-22-19(24-18)23-17-9-16(3)25-28-17/h9-10,14H,4-6,8,11-13H2,1-3H3,(H,22,23,24). The Bertz CT molecular complexity index is 881. The van der Waals surface area contributed by atoms with Crippen molar-refractivity contribution in [3.8, 4) is 6.07 Å². The zero-order chi connectivity index (χ0) is 19.7. The van der Waals surface area contributed by atoms with Crippen LogP contribution in [0, 0.1) is 31.1 Å². The molecular weight excluding hydrogens is 370 g/mol. The number of hydrogen-bond acceptors (Lipinski definition) is 8. The highest BCUT2D eigenvalue weighted by Crippen LogP contribution is 2.38. The molecule has 148 valence electrons. The molecule has 2 saturated heterocycles. The van der Waals surface area contributed by atoms with Gasteiger partial charge in [-0.15, -0.1) is 0 Å². The minimum atomic E-state index is -0.0385. The molecule has 1 N–H and O–H groups in total. The monoisotopic (exact) mass is 397 g/mol. The molecule has 8 heteroatoms. The van der Waals surface area contributed by atoms with Crippen molar-refractivity contribution in [1.82, 2.24) is 19.2 Å². The number of piperidine rings is 1. The molecule has 7 nitrogen and oxygen atoms in total. The van der Waals surface area contributed by atoms with E-state index >= 15 is 0 Å². The Hall–Kier alpha value is -2.24. The van der Waals surface area contributed by atoms with Crippen LogP contribution < -0.4 is 10.2 Å². The number of anilines is 3. The summed E-state index contributed by atoms with van der Waals surface area (Å²) >= 11 is 1.41. The molecular formula is C20H27N7S. The summed E-state index contributed by atoms with van der Waals surface area (Å²) in [7, 11) is 0. The number of likely N-dealkylation sites (tertiary alicyclic amines) is 1. The number of hydrogen-bond donors (Lipinski definition) is 1.